The van der Waals surface area contributed by atoms with E-state index in [4.69, 9.17) is 14.2 Å². The minimum atomic E-state index is -4.52. The average Bonchev–Trinajstić information content (AvgIpc) is 3.42. The second-order valence-corrected chi connectivity index (χ2v) is 7.75. The summed E-state index contributed by atoms with van der Waals surface area (Å²) in [4.78, 5) is 24.9. The molecule has 2 N–H and O–H groups in total. The molecule has 2 amide bonds. The highest BCUT2D eigenvalue weighted by Gasteiger charge is 2.50. The Balaban J connectivity index is 1.32. The molecule has 0 bridgehead atoms. The van der Waals surface area contributed by atoms with Crippen molar-refractivity contribution in [1.29, 1.82) is 0 Å². The Hall–Kier alpha value is -2.63. The number of carbonyl (C=O) groups excluding carboxylic acids is 2. The predicted molar refractivity (Wildman–Crippen MR) is 100 cm³/mol. The van der Waals surface area contributed by atoms with E-state index in [2.05, 4.69) is 10.6 Å². The minimum Gasteiger partial charge on any atom is -0.441 e. The molecular formula is C19H17F3N2O5S. The van der Waals surface area contributed by atoms with Crippen LogP contribution >= 0.6 is 11.3 Å². The van der Waals surface area contributed by atoms with Crippen molar-refractivity contribution in [2.45, 2.75) is 30.5 Å². The van der Waals surface area contributed by atoms with Crippen molar-refractivity contribution in [2.75, 3.05) is 18.5 Å². The predicted octanol–water partition coefficient (Wildman–Crippen LogP) is 3.28. The Bertz CT molecular complexity index is 921. The summed E-state index contributed by atoms with van der Waals surface area (Å²) in [6, 6.07) is 7.31. The number of thiophene rings is 1. The van der Waals surface area contributed by atoms with Gasteiger partial charge in [0, 0.05) is 5.69 Å². The van der Waals surface area contributed by atoms with E-state index in [1.807, 2.05) is 0 Å². The fourth-order valence-corrected chi connectivity index (χ4v) is 4.02. The highest BCUT2D eigenvalue weighted by Crippen LogP contribution is 2.32. The van der Waals surface area contributed by atoms with Crippen molar-refractivity contribution in [1.82, 2.24) is 5.32 Å². The fourth-order valence-electron chi connectivity index (χ4n) is 3.39. The zero-order valence-corrected chi connectivity index (χ0v) is 16.2. The fraction of sp³-hybridized carbons (Fsp3) is 0.368. The van der Waals surface area contributed by atoms with Crippen molar-refractivity contribution >= 4 is 29.0 Å². The lowest BCUT2D eigenvalue weighted by atomic mass is 10.1. The molecule has 2 saturated heterocycles. The van der Waals surface area contributed by atoms with Gasteiger partial charge in [-0.15, -0.1) is 11.3 Å². The largest absolute Gasteiger partial charge is 0.441 e. The Morgan fingerprint density at radius 3 is 2.63 bits per heavy atom. The van der Waals surface area contributed by atoms with Gasteiger partial charge in [-0.2, -0.15) is 13.2 Å². The van der Waals surface area contributed by atoms with E-state index in [1.165, 1.54) is 23.5 Å². The Morgan fingerprint density at radius 2 is 1.90 bits per heavy atom. The third-order valence-corrected chi connectivity index (χ3v) is 5.63. The zero-order chi connectivity index (χ0) is 21.3. The molecule has 7 nitrogen and oxygen atoms in total. The molecule has 2 fully saturated rings. The van der Waals surface area contributed by atoms with E-state index in [1.54, 1.807) is 17.5 Å². The van der Waals surface area contributed by atoms with E-state index in [-0.39, 0.29) is 24.8 Å². The normalized spacial score (nSPS) is 25.6. The zero-order valence-electron chi connectivity index (χ0n) is 15.3. The second-order valence-electron chi connectivity index (χ2n) is 6.80. The SMILES string of the molecule is O=C(Nc1cccc(C(F)(F)F)c1)O[C@H]1CO[C@@H]2[C@@H]1OC[C@@H]2NC(=O)c1cccs1. The molecule has 0 aliphatic carbocycles. The summed E-state index contributed by atoms with van der Waals surface area (Å²) >= 11 is 1.31. The van der Waals surface area contributed by atoms with Gasteiger partial charge in [0.1, 0.15) is 12.2 Å². The number of fused-ring (bicyclic) bond motifs is 1. The first-order valence-corrected chi connectivity index (χ1v) is 9.92. The van der Waals surface area contributed by atoms with Crippen molar-refractivity contribution in [2.24, 2.45) is 0 Å². The Kier molecular flexibility index (Phi) is 5.67. The number of ether oxygens (including phenoxy) is 3. The van der Waals surface area contributed by atoms with Gasteiger partial charge in [0.2, 0.25) is 0 Å². The van der Waals surface area contributed by atoms with Gasteiger partial charge in [-0.25, -0.2) is 4.79 Å². The van der Waals surface area contributed by atoms with Crippen LogP contribution in [0.15, 0.2) is 41.8 Å². The average molecular weight is 442 g/mol. The number of nitrogens with one attached hydrogen (secondary N) is 2. The molecular weight excluding hydrogens is 425 g/mol. The quantitative estimate of drug-likeness (QED) is 0.759. The van der Waals surface area contributed by atoms with Crippen LogP contribution in [0.25, 0.3) is 0 Å². The number of anilines is 1. The molecule has 0 unspecified atom stereocenters. The topological polar surface area (TPSA) is 85.9 Å². The molecule has 3 heterocycles. The van der Waals surface area contributed by atoms with E-state index < -0.39 is 42.2 Å². The van der Waals surface area contributed by atoms with Crippen LogP contribution in [-0.2, 0) is 20.4 Å². The number of rotatable bonds is 4. The lowest BCUT2D eigenvalue weighted by molar-refractivity contribution is -0.137. The van der Waals surface area contributed by atoms with Gasteiger partial charge in [-0.3, -0.25) is 10.1 Å². The van der Waals surface area contributed by atoms with Gasteiger partial charge < -0.3 is 19.5 Å². The molecule has 4 rings (SSSR count). The first-order valence-electron chi connectivity index (χ1n) is 9.04. The summed E-state index contributed by atoms with van der Waals surface area (Å²) < 4.78 is 55.0. The number of amides is 2. The van der Waals surface area contributed by atoms with Gasteiger partial charge in [0.25, 0.3) is 5.91 Å². The Morgan fingerprint density at radius 1 is 1.10 bits per heavy atom. The van der Waals surface area contributed by atoms with Crippen molar-refractivity contribution in [3.05, 3.63) is 52.2 Å². The summed E-state index contributed by atoms with van der Waals surface area (Å²) in [7, 11) is 0. The van der Waals surface area contributed by atoms with Crippen LogP contribution < -0.4 is 10.6 Å². The summed E-state index contributed by atoms with van der Waals surface area (Å²) in [6.07, 6.45) is -7.25. The maximum absolute atomic E-state index is 12.8. The van der Waals surface area contributed by atoms with E-state index >= 15 is 0 Å². The molecule has 1 aromatic heterocycles. The minimum absolute atomic E-state index is 0.0429. The number of benzene rings is 1. The number of halogens is 3. The Labute approximate surface area is 173 Å². The van der Waals surface area contributed by atoms with Crippen LogP contribution in [0.5, 0.6) is 0 Å². The standard InChI is InChI=1S/C19H17F3N2O5S/c20-19(21,22)10-3-1-4-11(7-10)23-18(26)29-13-9-28-15-12(8-27-16(13)15)24-17(25)14-5-2-6-30-14/h1-7,12-13,15-16H,8-9H2,(H,23,26)(H,24,25)/t12-,13-,15-,16+/m0/s1. The molecule has 2 aliphatic rings. The van der Waals surface area contributed by atoms with Crippen LogP contribution in [0.2, 0.25) is 0 Å². The molecule has 0 spiro atoms. The summed E-state index contributed by atoms with van der Waals surface area (Å²) in [5.74, 6) is -0.241. The van der Waals surface area contributed by atoms with Crippen molar-refractivity contribution < 1.29 is 37.0 Å². The van der Waals surface area contributed by atoms with Crippen LogP contribution in [0.1, 0.15) is 15.2 Å². The summed E-state index contributed by atoms with van der Waals surface area (Å²) in [5, 5.41) is 6.92. The molecule has 0 radical (unpaired) electrons. The summed E-state index contributed by atoms with van der Waals surface area (Å²) in [5.41, 5.74) is -0.924. The molecule has 30 heavy (non-hydrogen) atoms. The monoisotopic (exact) mass is 442 g/mol. The smallest absolute Gasteiger partial charge is 0.416 e. The van der Waals surface area contributed by atoms with Gasteiger partial charge in [-0.1, -0.05) is 12.1 Å². The van der Waals surface area contributed by atoms with Gasteiger partial charge >= 0.3 is 12.3 Å². The van der Waals surface area contributed by atoms with E-state index in [9.17, 15) is 22.8 Å². The third-order valence-electron chi connectivity index (χ3n) is 4.76. The molecule has 160 valence electrons. The summed E-state index contributed by atoms with van der Waals surface area (Å²) in [6.45, 7) is 0.248. The molecule has 2 aliphatic heterocycles. The first-order chi connectivity index (χ1) is 14.3. The lowest BCUT2D eigenvalue weighted by Gasteiger charge is -2.18. The maximum atomic E-state index is 12.8. The van der Waals surface area contributed by atoms with E-state index in [0.29, 0.717) is 4.88 Å². The molecule has 11 heteroatoms. The van der Waals surface area contributed by atoms with Crippen molar-refractivity contribution in [3.8, 4) is 0 Å². The first kappa shape index (κ1) is 20.6. The highest BCUT2D eigenvalue weighted by molar-refractivity contribution is 7.12. The molecule has 0 saturated carbocycles. The molecule has 2 aromatic rings. The third kappa shape index (κ3) is 4.42. The van der Waals surface area contributed by atoms with Crippen molar-refractivity contribution in [3.63, 3.8) is 0 Å². The van der Waals surface area contributed by atoms with Gasteiger partial charge in [0.15, 0.2) is 6.10 Å². The van der Waals surface area contributed by atoms with E-state index in [0.717, 1.165) is 12.1 Å². The number of hydrogen-bond donors (Lipinski definition) is 2. The number of carbonyl (C=O) groups is 2. The van der Waals surface area contributed by atoms with Crippen LogP contribution in [0.4, 0.5) is 23.7 Å². The van der Waals surface area contributed by atoms with Crippen LogP contribution in [0, 0.1) is 0 Å². The second kappa shape index (κ2) is 8.25. The van der Waals surface area contributed by atoms with Crippen LogP contribution in [-0.4, -0.2) is 49.6 Å². The highest BCUT2D eigenvalue weighted by atomic mass is 32.1. The molecule has 4 atom stereocenters. The van der Waals surface area contributed by atoms with Crippen LogP contribution in [0.3, 0.4) is 0 Å². The van der Waals surface area contributed by atoms with Gasteiger partial charge in [-0.05, 0) is 29.6 Å². The molecule has 1 aromatic carbocycles. The number of alkyl halides is 3. The lowest BCUT2D eigenvalue weighted by Crippen LogP contribution is -2.44. The number of hydrogen-bond acceptors (Lipinski definition) is 6. The maximum Gasteiger partial charge on any atom is 0.416 e. The van der Waals surface area contributed by atoms with Gasteiger partial charge in [0.05, 0.1) is 29.7 Å².